The highest BCUT2D eigenvalue weighted by Gasteiger charge is 2.23. The molecule has 0 aliphatic heterocycles. The normalized spacial score (nSPS) is 12.2. The molecule has 0 radical (unpaired) electrons. The number of nitrogens with two attached hydrogens (primary N) is 1. The number of halogens is 3. The summed E-state index contributed by atoms with van der Waals surface area (Å²) in [7, 11) is -1.59. The number of benzene rings is 2. The van der Waals surface area contributed by atoms with Crippen molar-refractivity contribution in [2.75, 3.05) is 14.2 Å². The molecule has 1 atom stereocenters. The molecule has 3 N–H and O–H groups in total. The molecule has 0 saturated carbocycles. The van der Waals surface area contributed by atoms with Gasteiger partial charge in [-0.1, -0.05) is 0 Å². The molecule has 12 heteroatoms. The lowest BCUT2D eigenvalue weighted by molar-refractivity contribution is -0.385. The fraction of sp³-hybridized carbons (Fsp3) is 0.250. The van der Waals surface area contributed by atoms with Crippen molar-refractivity contribution < 1.29 is 26.9 Å². The van der Waals surface area contributed by atoms with Crippen molar-refractivity contribution in [3.63, 3.8) is 0 Å². The maximum atomic E-state index is 14.2. The first kappa shape index (κ1) is 23.7. The van der Waals surface area contributed by atoms with Crippen LogP contribution in [0.2, 0.25) is 0 Å². The van der Waals surface area contributed by atoms with Crippen molar-refractivity contribution >= 4 is 28.1 Å². The number of hydrogen-bond donors (Lipinski definition) is 2. The molecule has 2 aromatic rings. The van der Waals surface area contributed by atoms with Gasteiger partial charge in [0.2, 0.25) is 10.0 Å². The molecule has 0 aliphatic rings. The van der Waals surface area contributed by atoms with Gasteiger partial charge < -0.3 is 10.5 Å². The molecule has 0 saturated heterocycles. The van der Waals surface area contributed by atoms with E-state index in [-0.39, 0.29) is 46.3 Å². The van der Waals surface area contributed by atoms with E-state index in [0.29, 0.717) is 0 Å². The number of nitrogens with zero attached hydrogens (tertiary/aromatic N) is 1. The Morgan fingerprint density at radius 2 is 1.89 bits per heavy atom. The number of ether oxygens (including phenoxy) is 1. The van der Waals surface area contributed by atoms with Gasteiger partial charge in [-0.25, -0.2) is 21.9 Å². The van der Waals surface area contributed by atoms with Crippen molar-refractivity contribution in [1.82, 2.24) is 4.72 Å². The van der Waals surface area contributed by atoms with E-state index in [1.54, 1.807) is 0 Å². The molecule has 0 heterocycles. The number of nitro groups is 1. The molecule has 0 aromatic heterocycles. The van der Waals surface area contributed by atoms with Gasteiger partial charge in [0, 0.05) is 29.8 Å². The van der Waals surface area contributed by atoms with Gasteiger partial charge in [0.1, 0.15) is 5.82 Å². The molecule has 0 bridgehead atoms. The summed E-state index contributed by atoms with van der Waals surface area (Å²) in [6.07, 6.45) is -0.277. The van der Waals surface area contributed by atoms with Crippen LogP contribution in [0, 0.1) is 21.7 Å². The molecule has 0 amide bonds. The first-order valence-corrected chi connectivity index (χ1v) is 9.08. The Bertz CT molecular complexity index is 988. The van der Waals surface area contributed by atoms with Gasteiger partial charge in [-0.2, -0.15) is 0 Å². The zero-order valence-corrected chi connectivity index (χ0v) is 16.4. The van der Waals surface area contributed by atoms with E-state index in [0.717, 1.165) is 30.3 Å². The van der Waals surface area contributed by atoms with Crippen molar-refractivity contribution in [3.05, 3.63) is 63.2 Å². The first-order valence-electron chi connectivity index (χ1n) is 7.60. The molecular weight excluding hydrogens is 420 g/mol. The number of hydrogen-bond acceptors (Lipinski definition) is 6. The first-order chi connectivity index (χ1) is 12.6. The minimum Gasteiger partial charge on any atom is -0.494 e. The van der Waals surface area contributed by atoms with Crippen LogP contribution in [0.4, 0.5) is 14.5 Å². The monoisotopic (exact) mass is 437 g/mol. The van der Waals surface area contributed by atoms with Crippen LogP contribution >= 0.6 is 12.4 Å². The van der Waals surface area contributed by atoms with E-state index >= 15 is 0 Å². The van der Waals surface area contributed by atoms with Crippen molar-refractivity contribution in [1.29, 1.82) is 0 Å². The summed E-state index contributed by atoms with van der Waals surface area (Å²) in [6.45, 7) is 0. The second kappa shape index (κ2) is 9.24. The van der Waals surface area contributed by atoms with E-state index in [4.69, 9.17) is 5.73 Å². The van der Waals surface area contributed by atoms with Crippen LogP contribution < -0.4 is 15.2 Å². The largest absolute Gasteiger partial charge is 0.494 e. The number of nitrogens with one attached hydrogen (secondary N) is 1. The van der Waals surface area contributed by atoms with E-state index in [1.165, 1.54) is 14.2 Å². The zero-order chi connectivity index (χ0) is 20.4. The smallest absolute Gasteiger partial charge is 0.269 e. The summed E-state index contributed by atoms with van der Waals surface area (Å²) in [6, 6.07) is 3.66. The maximum Gasteiger partial charge on any atom is 0.269 e. The van der Waals surface area contributed by atoms with Crippen LogP contribution in [0.1, 0.15) is 17.2 Å². The number of rotatable bonds is 7. The molecule has 0 fully saturated rings. The quantitative estimate of drug-likeness (QED) is 0.506. The van der Waals surface area contributed by atoms with Gasteiger partial charge in [0.25, 0.3) is 5.69 Å². The second-order valence-electron chi connectivity index (χ2n) is 5.58. The van der Waals surface area contributed by atoms with Gasteiger partial charge in [-0.05, 0) is 31.2 Å². The summed E-state index contributed by atoms with van der Waals surface area (Å²) < 4.78 is 59.2. The number of sulfonamides is 1. The molecule has 154 valence electrons. The van der Waals surface area contributed by atoms with E-state index in [1.807, 2.05) is 0 Å². The summed E-state index contributed by atoms with van der Waals surface area (Å²) >= 11 is 0. The van der Waals surface area contributed by atoms with E-state index < -0.39 is 32.6 Å². The lowest BCUT2D eigenvalue weighted by Gasteiger charge is -2.16. The topological polar surface area (TPSA) is 125 Å². The number of methoxy groups -OCH3 is 1. The Balaban J connectivity index is 0.00000392. The average molecular weight is 438 g/mol. The molecule has 28 heavy (non-hydrogen) atoms. The van der Waals surface area contributed by atoms with Gasteiger partial charge in [-0.3, -0.25) is 10.1 Å². The molecule has 0 aliphatic carbocycles. The van der Waals surface area contributed by atoms with Crippen molar-refractivity contribution in [2.24, 2.45) is 5.73 Å². The zero-order valence-electron chi connectivity index (χ0n) is 14.8. The molecular formula is C16H18ClF2N3O5S. The predicted molar refractivity (Wildman–Crippen MR) is 100 cm³/mol. The van der Waals surface area contributed by atoms with Crippen LogP contribution in [0.25, 0.3) is 0 Å². The highest BCUT2D eigenvalue weighted by atomic mass is 35.5. The Labute approximate surface area is 166 Å². The summed E-state index contributed by atoms with van der Waals surface area (Å²) in [5.41, 5.74) is 5.37. The highest BCUT2D eigenvalue weighted by Crippen LogP contribution is 2.29. The molecule has 0 unspecified atom stereocenters. The Morgan fingerprint density at radius 3 is 2.43 bits per heavy atom. The van der Waals surface area contributed by atoms with Gasteiger partial charge in [-0.15, -0.1) is 12.4 Å². The fourth-order valence-electron chi connectivity index (χ4n) is 2.54. The van der Waals surface area contributed by atoms with Gasteiger partial charge in [0.05, 0.1) is 16.9 Å². The molecule has 2 rings (SSSR count). The third-order valence-corrected chi connectivity index (χ3v) is 5.44. The Morgan fingerprint density at radius 1 is 1.25 bits per heavy atom. The van der Waals surface area contributed by atoms with Crippen LogP contribution in [0.3, 0.4) is 0 Å². The lowest BCUT2D eigenvalue weighted by Crippen LogP contribution is -2.22. The Hall–Kier alpha value is -2.34. The highest BCUT2D eigenvalue weighted by molar-refractivity contribution is 7.89. The third kappa shape index (κ3) is 4.93. The average Bonchev–Trinajstić information content (AvgIpc) is 2.62. The van der Waals surface area contributed by atoms with E-state index in [2.05, 4.69) is 9.46 Å². The van der Waals surface area contributed by atoms with Gasteiger partial charge >= 0.3 is 0 Å². The van der Waals surface area contributed by atoms with Crippen LogP contribution in [-0.4, -0.2) is 27.5 Å². The summed E-state index contributed by atoms with van der Waals surface area (Å²) in [5.74, 6) is -1.99. The maximum absolute atomic E-state index is 14.2. The van der Waals surface area contributed by atoms with Crippen molar-refractivity contribution in [2.45, 2.75) is 17.4 Å². The predicted octanol–water partition coefficient (Wildman–Crippen LogP) is 2.45. The van der Waals surface area contributed by atoms with E-state index in [9.17, 15) is 27.3 Å². The summed E-state index contributed by atoms with van der Waals surface area (Å²) in [5, 5.41) is 11.0. The minimum absolute atomic E-state index is 0. The lowest BCUT2D eigenvalue weighted by atomic mass is 9.98. The third-order valence-electron chi connectivity index (χ3n) is 3.92. The fourth-order valence-corrected chi connectivity index (χ4v) is 3.50. The summed E-state index contributed by atoms with van der Waals surface area (Å²) in [4.78, 5) is 10.1. The number of non-ortho nitro benzene ring substituents is 1. The van der Waals surface area contributed by atoms with Crippen LogP contribution in [0.5, 0.6) is 5.75 Å². The van der Waals surface area contributed by atoms with Crippen LogP contribution in [-0.2, 0) is 16.4 Å². The standard InChI is InChI=1S/C16H17F2N3O5S.ClH/c1-20-27(24,25)16-4-3-10(21(22)23)5-9(16)6-14(19)11-7-13(18)15(26-2)8-12(11)17;/h3-5,7-8,14,20H,6,19H2,1-2H3;1H/t14-;/m0./s1. The molecule has 2 aromatic carbocycles. The Kier molecular flexibility index (Phi) is 7.82. The second-order valence-corrected chi connectivity index (χ2v) is 7.43. The molecule has 8 nitrogen and oxygen atoms in total. The number of nitro benzene ring substituents is 1. The van der Waals surface area contributed by atoms with Crippen LogP contribution in [0.15, 0.2) is 35.2 Å². The van der Waals surface area contributed by atoms with Crippen molar-refractivity contribution in [3.8, 4) is 5.75 Å². The SMILES string of the molecule is CNS(=O)(=O)c1ccc([N+](=O)[O-])cc1C[C@H](N)c1cc(F)c(OC)cc1F.Cl. The molecule has 0 spiro atoms. The minimum atomic E-state index is -3.94. The van der Waals surface area contributed by atoms with Gasteiger partial charge in [0.15, 0.2) is 11.6 Å².